The van der Waals surface area contributed by atoms with Gasteiger partial charge >= 0.3 is 0 Å². The summed E-state index contributed by atoms with van der Waals surface area (Å²) in [7, 11) is 1.71. The maximum atomic E-state index is 12.5. The molecule has 3 aliphatic rings. The average molecular weight is 314 g/mol. The Morgan fingerprint density at radius 1 is 1.30 bits per heavy atom. The van der Waals surface area contributed by atoms with Crippen LogP contribution >= 0.6 is 0 Å². The van der Waals surface area contributed by atoms with Gasteiger partial charge < -0.3 is 9.84 Å². The van der Waals surface area contributed by atoms with Crippen LogP contribution in [0.4, 0.5) is 0 Å². The van der Waals surface area contributed by atoms with Crippen molar-refractivity contribution in [3.63, 3.8) is 0 Å². The van der Waals surface area contributed by atoms with Crippen molar-refractivity contribution >= 4 is 5.78 Å². The molecule has 5 atom stereocenters. The number of ether oxygens (including phenoxy) is 1. The van der Waals surface area contributed by atoms with Gasteiger partial charge in [0.15, 0.2) is 0 Å². The molecule has 3 nitrogen and oxygen atoms in total. The molecule has 0 bridgehead atoms. The van der Waals surface area contributed by atoms with Gasteiger partial charge in [-0.25, -0.2) is 0 Å². The molecule has 1 unspecified atom stereocenters. The van der Waals surface area contributed by atoms with Crippen molar-refractivity contribution in [3.05, 3.63) is 29.3 Å². The van der Waals surface area contributed by atoms with Gasteiger partial charge in [-0.2, -0.15) is 0 Å². The predicted molar refractivity (Wildman–Crippen MR) is 88.6 cm³/mol. The molecule has 0 amide bonds. The van der Waals surface area contributed by atoms with Gasteiger partial charge in [-0.1, -0.05) is 13.0 Å². The topological polar surface area (TPSA) is 46.5 Å². The van der Waals surface area contributed by atoms with Gasteiger partial charge in [0.25, 0.3) is 0 Å². The second kappa shape index (κ2) is 5.34. The van der Waals surface area contributed by atoms with E-state index in [9.17, 15) is 9.90 Å². The second-order valence-corrected chi connectivity index (χ2v) is 7.93. The maximum Gasteiger partial charge on any atom is 0.139 e. The maximum absolute atomic E-state index is 12.5. The molecule has 4 rings (SSSR count). The lowest BCUT2D eigenvalue weighted by molar-refractivity contribution is -0.131. The Labute approximate surface area is 138 Å². The molecule has 2 fully saturated rings. The van der Waals surface area contributed by atoms with Crippen molar-refractivity contribution in [1.29, 1.82) is 0 Å². The molecule has 0 heterocycles. The number of methoxy groups -OCH3 is 1. The molecule has 2 saturated carbocycles. The van der Waals surface area contributed by atoms with Crippen molar-refractivity contribution < 1.29 is 14.6 Å². The number of carbonyl (C=O) groups excluding carboxylic acids is 1. The zero-order chi connectivity index (χ0) is 16.2. The minimum Gasteiger partial charge on any atom is -0.497 e. The summed E-state index contributed by atoms with van der Waals surface area (Å²) in [6.07, 6.45) is 4.82. The highest BCUT2D eigenvalue weighted by Crippen LogP contribution is 2.61. The minimum atomic E-state index is -0.196. The normalized spacial score (nSPS) is 38.7. The van der Waals surface area contributed by atoms with E-state index in [1.165, 1.54) is 11.1 Å². The van der Waals surface area contributed by atoms with Gasteiger partial charge in [0, 0.05) is 18.4 Å². The van der Waals surface area contributed by atoms with Crippen LogP contribution in [-0.2, 0) is 11.2 Å². The summed E-state index contributed by atoms with van der Waals surface area (Å²) >= 11 is 0. The number of rotatable bonds is 2. The number of hydrogen-bond donors (Lipinski definition) is 1. The molecule has 124 valence electrons. The summed E-state index contributed by atoms with van der Waals surface area (Å²) in [4.78, 5) is 12.5. The Hall–Kier alpha value is -1.35. The Kier molecular flexibility index (Phi) is 3.53. The van der Waals surface area contributed by atoms with E-state index in [-0.39, 0.29) is 17.9 Å². The van der Waals surface area contributed by atoms with E-state index in [2.05, 4.69) is 19.1 Å². The average Bonchev–Trinajstić information content (AvgIpc) is 2.88. The highest BCUT2D eigenvalue weighted by Gasteiger charge is 2.57. The molecule has 3 aliphatic carbocycles. The lowest BCUT2D eigenvalue weighted by atomic mass is 9.52. The van der Waals surface area contributed by atoms with Crippen LogP contribution in [0.5, 0.6) is 5.75 Å². The number of Topliss-reactive ketones (excluding diaryl/α,β-unsaturated/α-hetero) is 1. The Bertz CT molecular complexity index is 638. The molecule has 0 spiro atoms. The number of fused-ring (bicyclic) bond motifs is 5. The van der Waals surface area contributed by atoms with E-state index in [4.69, 9.17) is 4.74 Å². The molecule has 0 aliphatic heterocycles. The lowest BCUT2D eigenvalue weighted by Gasteiger charge is -2.51. The van der Waals surface area contributed by atoms with Crippen molar-refractivity contribution in [1.82, 2.24) is 0 Å². The smallest absolute Gasteiger partial charge is 0.139 e. The van der Waals surface area contributed by atoms with Gasteiger partial charge in [-0.15, -0.1) is 0 Å². The monoisotopic (exact) mass is 314 g/mol. The van der Waals surface area contributed by atoms with Crippen LogP contribution in [0, 0.1) is 23.2 Å². The van der Waals surface area contributed by atoms with E-state index < -0.39 is 0 Å². The van der Waals surface area contributed by atoms with Crippen LogP contribution in [-0.4, -0.2) is 24.6 Å². The fraction of sp³-hybridized carbons (Fsp3) is 0.650. The highest BCUT2D eigenvalue weighted by atomic mass is 16.5. The number of aryl methyl sites for hydroxylation is 1. The first-order valence-corrected chi connectivity index (χ1v) is 8.89. The molecule has 23 heavy (non-hydrogen) atoms. The van der Waals surface area contributed by atoms with Crippen LogP contribution in [0.3, 0.4) is 0 Å². The first kappa shape index (κ1) is 15.2. The molecule has 0 aromatic heterocycles. The van der Waals surface area contributed by atoms with E-state index in [0.29, 0.717) is 23.5 Å². The highest BCUT2D eigenvalue weighted by molar-refractivity contribution is 5.87. The molecule has 1 aromatic rings. The second-order valence-electron chi connectivity index (χ2n) is 7.93. The first-order valence-electron chi connectivity index (χ1n) is 8.89. The summed E-state index contributed by atoms with van der Waals surface area (Å²) in [6, 6.07) is 6.41. The summed E-state index contributed by atoms with van der Waals surface area (Å²) in [5.41, 5.74) is 2.57. The predicted octanol–water partition coefficient (Wildman–Crippen LogP) is 3.34. The zero-order valence-corrected chi connectivity index (χ0v) is 14.0. The number of hydrogen-bond acceptors (Lipinski definition) is 3. The van der Waals surface area contributed by atoms with Gasteiger partial charge in [-0.3, -0.25) is 4.79 Å². The van der Waals surface area contributed by atoms with E-state index in [0.717, 1.165) is 37.9 Å². The molecular formula is C20H26O3. The Morgan fingerprint density at radius 2 is 2.13 bits per heavy atom. The molecule has 0 saturated heterocycles. The van der Waals surface area contributed by atoms with E-state index in [1.807, 2.05) is 6.07 Å². The molecule has 1 aromatic carbocycles. The molecule has 0 radical (unpaired) electrons. The third kappa shape index (κ3) is 2.09. The molecule has 1 N–H and O–H groups in total. The van der Waals surface area contributed by atoms with Crippen molar-refractivity contribution in [2.24, 2.45) is 23.2 Å². The van der Waals surface area contributed by atoms with Crippen LogP contribution < -0.4 is 4.74 Å². The number of ketones is 1. The number of aliphatic hydroxyl groups is 1. The minimum absolute atomic E-state index is 0.183. The summed E-state index contributed by atoms with van der Waals surface area (Å²) in [5, 5.41) is 10.0. The van der Waals surface area contributed by atoms with Crippen LogP contribution in [0.2, 0.25) is 0 Å². The molecular weight excluding hydrogens is 288 g/mol. The Morgan fingerprint density at radius 3 is 2.87 bits per heavy atom. The fourth-order valence-corrected chi connectivity index (χ4v) is 5.94. The summed E-state index contributed by atoms with van der Waals surface area (Å²) in [6.45, 7) is 2.34. The molecule has 3 heteroatoms. The quantitative estimate of drug-likeness (QED) is 0.910. The van der Waals surface area contributed by atoms with Crippen molar-refractivity contribution in [2.45, 2.75) is 44.9 Å². The van der Waals surface area contributed by atoms with Gasteiger partial charge in [0.2, 0.25) is 0 Å². The summed E-state index contributed by atoms with van der Waals surface area (Å²) in [5.74, 6) is 2.99. The van der Waals surface area contributed by atoms with E-state index >= 15 is 0 Å². The SMILES string of the molecule is COc1ccc2c(c1)CC[C@@H]1[C@@H]2C(CO)C[C@]2(C)C(=O)CC[C@@H]12. The van der Waals surface area contributed by atoms with Crippen LogP contribution in [0.25, 0.3) is 0 Å². The Balaban J connectivity index is 1.77. The largest absolute Gasteiger partial charge is 0.497 e. The lowest BCUT2D eigenvalue weighted by Crippen LogP contribution is -2.47. The third-order valence-corrected chi connectivity index (χ3v) is 7.00. The number of aliphatic hydroxyl groups excluding tert-OH is 1. The van der Waals surface area contributed by atoms with E-state index in [1.54, 1.807) is 7.11 Å². The summed E-state index contributed by atoms with van der Waals surface area (Å²) < 4.78 is 5.37. The fourth-order valence-electron chi connectivity index (χ4n) is 5.94. The van der Waals surface area contributed by atoms with Gasteiger partial charge in [-0.05, 0) is 72.6 Å². The van der Waals surface area contributed by atoms with Gasteiger partial charge in [0.05, 0.1) is 7.11 Å². The first-order chi connectivity index (χ1) is 11.1. The van der Waals surface area contributed by atoms with Crippen molar-refractivity contribution in [3.8, 4) is 5.75 Å². The third-order valence-electron chi connectivity index (χ3n) is 7.00. The van der Waals surface area contributed by atoms with Gasteiger partial charge in [0.1, 0.15) is 11.5 Å². The number of benzene rings is 1. The van der Waals surface area contributed by atoms with Crippen LogP contribution in [0.15, 0.2) is 18.2 Å². The standard InChI is InChI=1S/C20H26O3/c1-20-10-13(11-21)19-15-6-4-14(23-2)9-12(15)3-5-16(19)17(20)7-8-18(20)22/h4,6,9,13,16-17,19,21H,3,5,7-8,10-11H2,1-2H3/t13?,16-,17-,19+,20-/m0/s1. The van der Waals surface area contributed by atoms with Crippen molar-refractivity contribution in [2.75, 3.05) is 13.7 Å². The zero-order valence-electron chi connectivity index (χ0n) is 14.0. The number of carbonyl (C=O) groups is 1. The van der Waals surface area contributed by atoms with Crippen LogP contribution in [0.1, 0.15) is 49.7 Å².